The summed E-state index contributed by atoms with van der Waals surface area (Å²) in [6, 6.07) is 0. The normalized spacial score (nSPS) is 42.4. The third-order valence-corrected chi connectivity index (χ3v) is 10.7. The molecule has 6 heterocycles. The van der Waals surface area contributed by atoms with Crippen LogP contribution in [0.2, 0.25) is 0 Å². The van der Waals surface area contributed by atoms with E-state index in [1.54, 1.807) is 13.2 Å². The summed E-state index contributed by atoms with van der Waals surface area (Å²) >= 11 is 0. The third kappa shape index (κ3) is 13.2. The number of rotatable bonds is 18. The van der Waals surface area contributed by atoms with Crippen molar-refractivity contribution in [3.63, 3.8) is 0 Å². The summed E-state index contributed by atoms with van der Waals surface area (Å²) < 4.78 is 82.2. The van der Waals surface area contributed by atoms with Crippen LogP contribution in [0.4, 0.5) is 0 Å². The highest BCUT2D eigenvalue weighted by Gasteiger charge is 2.41. The van der Waals surface area contributed by atoms with Gasteiger partial charge in [0.25, 0.3) is 0 Å². The quantitative estimate of drug-likeness (QED) is 0.140. The molecular formula is C37H62O18. The Kier molecular flexibility index (Phi) is 17.6. The van der Waals surface area contributed by atoms with Gasteiger partial charge in [-0.2, -0.15) is 0 Å². The Hall–Kier alpha value is -1.14. The van der Waals surface area contributed by atoms with Crippen molar-refractivity contribution in [2.45, 2.75) is 163 Å². The Labute approximate surface area is 322 Å². The van der Waals surface area contributed by atoms with Crippen molar-refractivity contribution in [3.05, 3.63) is 12.3 Å². The molecule has 0 aromatic carbocycles. The van der Waals surface area contributed by atoms with E-state index in [2.05, 4.69) is 0 Å². The van der Waals surface area contributed by atoms with E-state index in [1.165, 1.54) is 13.4 Å². The number of hydrogen-bond acceptors (Lipinski definition) is 18. The molecule has 4 N–H and O–H groups in total. The molecule has 0 aromatic rings. The van der Waals surface area contributed by atoms with Crippen molar-refractivity contribution in [1.82, 2.24) is 0 Å². The monoisotopic (exact) mass is 794 g/mol. The van der Waals surface area contributed by atoms with Crippen molar-refractivity contribution in [2.75, 3.05) is 60.5 Å². The highest BCUT2D eigenvalue weighted by Crippen LogP contribution is 2.32. The molecule has 6 aliphatic rings. The number of aliphatic hydroxyl groups is 4. The highest BCUT2D eigenvalue weighted by atomic mass is 16.8. The minimum Gasteiger partial charge on any atom is -0.493 e. The molecule has 0 saturated carbocycles. The van der Waals surface area contributed by atoms with Gasteiger partial charge in [0.05, 0.1) is 95.2 Å². The van der Waals surface area contributed by atoms with Gasteiger partial charge in [-0.15, -0.1) is 0 Å². The molecule has 0 bridgehead atoms. The molecule has 18 nitrogen and oxygen atoms in total. The first-order chi connectivity index (χ1) is 26.8. The summed E-state index contributed by atoms with van der Waals surface area (Å²) in [5.74, 6) is 0. The molecule has 16 atom stereocenters. The zero-order valence-corrected chi connectivity index (χ0v) is 31.9. The molecule has 55 heavy (non-hydrogen) atoms. The van der Waals surface area contributed by atoms with Gasteiger partial charge in [0.2, 0.25) is 0 Å². The maximum absolute atomic E-state index is 10.8. The Morgan fingerprint density at radius 3 is 1.95 bits per heavy atom. The van der Waals surface area contributed by atoms with Crippen LogP contribution in [-0.4, -0.2) is 180 Å². The van der Waals surface area contributed by atoms with E-state index in [1.807, 2.05) is 0 Å². The summed E-state index contributed by atoms with van der Waals surface area (Å²) in [4.78, 5) is 0. The molecule has 18 heteroatoms. The van der Waals surface area contributed by atoms with Crippen LogP contribution in [0.5, 0.6) is 0 Å². The van der Waals surface area contributed by atoms with Gasteiger partial charge in [-0.3, -0.25) is 0 Å². The van der Waals surface area contributed by atoms with E-state index >= 15 is 0 Å². The second-order valence-corrected chi connectivity index (χ2v) is 14.9. The molecule has 6 aliphatic heterocycles. The van der Waals surface area contributed by atoms with Gasteiger partial charge in [0.1, 0.15) is 18.3 Å². The van der Waals surface area contributed by atoms with Gasteiger partial charge in [-0.1, -0.05) is 0 Å². The Balaban J connectivity index is 0.880. The number of hydrogen-bond donors (Lipinski definition) is 4. The lowest BCUT2D eigenvalue weighted by molar-refractivity contribution is -0.314. The zero-order chi connectivity index (χ0) is 38.6. The van der Waals surface area contributed by atoms with E-state index in [0.717, 1.165) is 12.8 Å². The largest absolute Gasteiger partial charge is 0.493 e. The van der Waals surface area contributed by atoms with Crippen molar-refractivity contribution in [3.8, 4) is 0 Å². The van der Waals surface area contributed by atoms with Crippen LogP contribution < -0.4 is 0 Å². The molecule has 0 spiro atoms. The summed E-state index contributed by atoms with van der Waals surface area (Å²) in [5.41, 5.74) is 0. The molecule has 0 aromatic heterocycles. The molecule has 16 unspecified atom stereocenters. The summed E-state index contributed by atoms with van der Waals surface area (Å²) in [5, 5.41) is 40.4. The second kappa shape index (κ2) is 22.3. The van der Waals surface area contributed by atoms with Crippen LogP contribution in [0.1, 0.15) is 64.2 Å². The van der Waals surface area contributed by atoms with Crippen LogP contribution in [0.3, 0.4) is 0 Å². The van der Waals surface area contributed by atoms with E-state index in [-0.39, 0.29) is 76.3 Å². The fraction of sp³-hybridized carbons (Fsp3) is 0.946. The van der Waals surface area contributed by atoms with E-state index in [0.29, 0.717) is 58.2 Å². The maximum Gasteiger partial charge on any atom is 0.184 e. The first-order valence-corrected chi connectivity index (χ1v) is 19.8. The van der Waals surface area contributed by atoms with Gasteiger partial charge < -0.3 is 86.7 Å². The topological polar surface area (TPSA) is 210 Å². The molecule has 0 radical (unpaired) electrons. The number of ether oxygens (including phenoxy) is 14. The van der Waals surface area contributed by atoms with Crippen molar-refractivity contribution >= 4 is 0 Å². The van der Waals surface area contributed by atoms with Gasteiger partial charge in [-0.25, -0.2) is 0 Å². The average molecular weight is 795 g/mol. The minimum atomic E-state index is -0.974. The smallest absolute Gasteiger partial charge is 0.184 e. The van der Waals surface area contributed by atoms with Gasteiger partial charge >= 0.3 is 0 Å². The highest BCUT2D eigenvalue weighted by molar-refractivity contribution is 4.85. The van der Waals surface area contributed by atoms with Crippen LogP contribution in [0.25, 0.3) is 0 Å². The SMILES string of the molecule is COC1CCC(OC2COC(OC3CCC(OC4COC(OC(CO)C/C=C/OC5COC(OC)CC5O)C(O)C4)OC3)CC2OC2CCC(CO)O2)OC1. The molecule has 6 fully saturated rings. The first kappa shape index (κ1) is 43.4. The molecule has 0 amide bonds. The standard InChI is InChI=1S/C37H62O18/c1-42-24-6-8-33(45-17-24)55-31-21-48-36(14-29(31)54-34-10-5-23(16-39)50-34)51-25-7-9-32(46-18-25)52-26-12-28(41)37(49-19-26)53-22(15-38)4-3-11-44-30-20-47-35(43-2)13-27(30)40/h3,11,22-41H,4-10,12-21H2,1-2H3/b11-3+. The Morgan fingerprint density at radius 2 is 1.27 bits per heavy atom. The number of aliphatic hydroxyl groups excluding tert-OH is 4. The molecule has 0 aliphatic carbocycles. The molecule has 6 saturated heterocycles. The maximum atomic E-state index is 10.8. The lowest BCUT2D eigenvalue weighted by atomic mass is 10.1. The fourth-order valence-electron chi connectivity index (χ4n) is 7.46. The lowest BCUT2D eigenvalue weighted by Gasteiger charge is -2.41. The minimum absolute atomic E-state index is 0.0477. The van der Waals surface area contributed by atoms with Crippen LogP contribution in [-0.2, 0) is 66.3 Å². The first-order valence-electron chi connectivity index (χ1n) is 19.8. The summed E-state index contributed by atoms with van der Waals surface area (Å²) in [7, 11) is 3.20. The average Bonchev–Trinajstić information content (AvgIpc) is 3.67. The van der Waals surface area contributed by atoms with Crippen molar-refractivity contribution in [1.29, 1.82) is 0 Å². The third-order valence-electron chi connectivity index (χ3n) is 10.7. The van der Waals surface area contributed by atoms with E-state index in [4.69, 9.17) is 66.3 Å². The second-order valence-electron chi connectivity index (χ2n) is 14.9. The van der Waals surface area contributed by atoms with Crippen molar-refractivity contribution < 1.29 is 86.7 Å². The predicted molar refractivity (Wildman–Crippen MR) is 186 cm³/mol. The lowest BCUT2D eigenvalue weighted by Crippen LogP contribution is -2.50. The van der Waals surface area contributed by atoms with Crippen LogP contribution in [0.15, 0.2) is 12.3 Å². The predicted octanol–water partition coefficient (Wildman–Crippen LogP) is 0.587. The molecular weight excluding hydrogens is 732 g/mol. The Bertz CT molecular complexity index is 1100. The summed E-state index contributed by atoms with van der Waals surface area (Å²) in [6.45, 7) is 1.06. The molecule has 318 valence electrons. The van der Waals surface area contributed by atoms with Gasteiger partial charge in [0.15, 0.2) is 37.7 Å². The zero-order valence-electron chi connectivity index (χ0n) is 31.9. The number of methoxy groups -OCH3 is 2. The van der Waals surface area contributed by atoms with Crippen molar-refractivity contribution in [2.24, 2.45) is 0 Å². The van der Waals surface area contributed by atoms with Crippen LogP contribution in [0, 0.1) is 0 Å². The Morgan fingerprint density at radius 1 is 0.600 bits per heavy atom. The van der Waals surface area contributed by atoms with Gasteiger partial charge in [-0.05, 0) is 31.8 Å². The fourth-order valence-corrected chi connectivity index (χ4v) is 7.46. The summed E-state index contributed by atoms with van der Waals surface area (Å²) in [6.07, 6.45) is 0.975. The van der Waals surface area contributed by atoms with Gasteiger partial charge in [0, 0.05) is 52.7 Å². The van der Waals surface area contributed by atoms with E-state index in [9.17, 15) is 20.4 Å². The van der Waals surface area contributed by atoms with E-state index < -0.39 is 62.0 Å². The van der Waals surface area contributed by atoms with Crippen LogP contribution >= 0.6 is 0 Å². The molecule has 6 rings (SSSR count).